The molecule has 1 N–H and O–H groups in total. The minimum Gasteiger partial charge on any atom is -0.490 e. The van der Waals surface area contributed by atoms with Crippen molar-refractivity contribution in [2.45, 2.75) is 27.7 Å². The second kappa shape index (κ2) is 10.9. The molecule has 1 aliphatic rings. The lowest BCUT2D eigenvalue weighted by molar-refractivity contribution is -0.127. The molecule has 0 saturated carbocycles. The van der Waals surface area contributed by atoms with E-state index in [1.807, 2.05) is 39.8 Å². The summed E-state index contributed by atoms with van der Waals surface area (Å²) in [5.74, 6) is 0.163. The monoisotopic (exact) mass is 532 g/mol. The van der Waals surface area contributed by atoms with E-state index in [0.29, 0.717) is 40.4 Å². The molecule has 0 unspecified atom stereocenters. The molecule has 0 aromatic heterocycles. The van der Waals surface area contributed by atoms with Gasteiger partial charge in [-0.2, -0.15) is 0 Å². The summed E-state index contributed by atoms with van der Waals surface area (Å²) in [5, 5.41) is 2.28. The van der Waals surface area contributed by atoms with Gasteiger partial charge in [0.15, 0.2) is 11.5 Å². The lowest BCUT2D eigenvalue weighted by Crippen LogP contribution is -2.36. The van der Waals surface area contributed by atoms with E-state index < -0.39 is 17.1 Å². The first-order chi connectivity index (χ1) is 15.7. The number of nitrogens with one attached hydrogen (secondary N) is 1. The number of ether oxygens (including phenoxy) is 2. The molecular formula is C24H25BrN2O5S. The van der Waals surface area contributed by atoms with Crippen molar-refractivity contribution in [3.63, 3.8) is 0 Å². The fourth-order valence-electron chi connectivity index (χ4n) is 3.29. The average Bonchev–Trinajstić information content (AvgIpc) is 3.00. The summed E-state index contributed by atoms with van der Waals surface area (Å²) in [7, 11) is 0. The molecule has 0 bridgehead atoms. The van der Waals surface area contributed by atoms with Crippen LogP contribution >= 0.6 is 27.7 Å². The number of benzene rings is 2. The molecule has 1 heterocycles. The van der Waals surface area contributed by atoms with Gasteiger partial charge in [-0.1, -0.05) is 17.7 Å². The summed E-state index contributed by atoms with van der Waals surface area (Å²) in [4.78, 5) is 39.0. The molecule has 1 saturated heterocycles. The Hall–Kier alpha value is -2.78. The summed E-state index contributed by atoms with van der Waals surface area (Å²) < 4.78 is 12.0. The van der Waals surface area contributed by atoms with Crippen LogP contribution in [0.15, 0.2) is 39.7 Å². The SMILES string of the molecule is CCOc1cc(/C=C2/SC(=O)N(CC(=O)Nc3ccc(C)cc3C)C2=O)cc(Br)c1OCC. The number of nitrogens with zero attached hydrogens (tertiary/aromatic N) is 1. The highest BCUT2D eigenvalue weighted by atomic mass is 79.9. The van der Waals surface area contributed by atoms with Gasteiger partial charge in [-0.25, -0.2) is 0 Å². The van der Waals surface area contributed by atoms with Crippen LogP contribution in [0.1, 0.15) is 30.5 Å². The van der Waals surface area contributed by atoms with E-state index >= 15 is 0 Å². The number of halogens is 1. The van der Waals surface area contributed by atoms with Gasteiger partial charge < -0.3 is 14.8 Å². The molecule has 33 heavy (non-hydrogen) atoms. The van der Waals surface area contributed by atoms with Gasteiger partial charge in [-0.3, -0.25) is 19.3 Å². The van der Waals surface area contributed by atoms with Crippen molar-refractivity contribution in [1.82, 2.24) is 4.90 Å². The van der Waals surface area contributed by atoms with E-state index in [2.05, 4.69) is 21.2 Å². The topological polar surface area (TPSA) is 84.9 Å². The van der Waals surface area contributed by atoms with E-state index in [9.17, 15) is 14.4 Å². The van der Waals surface area contributed by atoms with Crippen molar-refractivity contribution in [2.24, 2.45) is 0 Å². The minimum atomic E-state index is -0.510. The maximum atomic E-state index is 12.9. The molecule has 174 valence electrons. The Labute approximate surface area is 205 Å². The van der Waals surface area contributed by atoms with E-state index in [0.717, 1.165) is 27.8 Å². The zero-order chi connectivity index (χ0) is 24.1. The molecule has 3 amide bonds. The highest BCUT2D eigenvalue weighted by Crippen LogP contribution is 2.39. The average molecular weight is 533 g/mol. The summed E-state index contributed by atoms with van der Waals surface area (Å²) in [6.45, 7) is 8.16. The fourth-order valence-corrected chi connectivity index (χ4v) is 4.71. The Morgan fingerprint density at radius 2 is 1.85 bits per heavy atom. The molecular weight excluding hydrogens is 508 g/mol. The highest BCUT2D eigenvalue weighted by Gasteiger charge is 2.36. The number of imide groups is 1. The second-order valence-electron chi connectivity index (χ2n) is 7.33. The molecule has 0 atom stereocenters. The molecule has 2 aromatic carbocycles. The number of anilines is 1. The third-order valence-electron chi connectivity index (χ3n) is 4.75. The van der Waals surface area contributed by atoms with Crippen molar-refractivity contribution in [1.29, 1.82) is 0 Å². The van der Waals surface area contributed by atoms with Crippen molar-refractivity contribution in [2.75, 3.05) is 25.1 Å². The first-order valence-electron chi connectivity index (χ1n) is 10.4. The van der Waals surface area contributed by atoms with Crippen LogP contribution in [-0.2, 0) is 9.59 Å². The van der Waals surface area contributed by atoms with Crippen LogP contribution in [-0.4, -0.2) is 41.7 Å². The van der Waals surface area contributed by atoms with E-state index in [-0.39, 0.29) is 11.4 Å². The molecule has 0 aliphatic carbocycles. The molecule has 1 fully saturated rings. The van der Waals surface area contributed by atoms with Crippen molar-refractivity contribution >= 4 is 56.5 Å². The van der Waals surface area contributed by atoms with Crippen LogP contribution in [0.5, 0.6) is 11.5 Å². The standard InChI is InChI=1S/C24H25BrN2O5S/c1-5-31-19-11-16(10-17(25)22(19)32-6-2)12-20-23(29)27(24(30)33-20)13-21(28)26-18-8-7-14(3)9-15(18)4/h7-12H,5-6,13H2,1-4H3,(H,26,28)/b20-12+. The van der Waals surface area contributed by atoms with Gasteiger partial charge in [-0.15, -0.1) is 0 Å². The zero-order valence-electron chi connectivity index (χ0n) is 18.9. The van der Waals surface area contributed by atoms with Gasteiger partial charge in [0.05, 0.1) is 22.6 Å². The molecule has 0 radical (unpaired) electrons. The van der Waals surface area contributed by atoms with E-state index in [1.165, 1.54) is 0 Å². The van der Waals surface area contributed by atoms with Gasteiger partial charge in [0.1, 0.15) is 6.54 Å². The number of amides is 3. The van der Waals surface area contributed by atoms with Crippen LogP contribution in [0, 0.1) is 13.8 Å². The first kappa shape index (κ1) is 24.9. The molecule has 0 spiro atoms. The Kier molecular flexibility index (Phi) is 8.20. The summed E-state index contributed by atoms with van der Waals surface area (Å²) in [6, 6.07) is 9.17. The van der Waals surface area contributed by atoms with Gasteiger partial charge in [0.2, 0.25) is 5.91 Å². The zero-order valence-corrected chi connectivity index (χ0v) is 21.3. The first-order valence-corrected chi connectivity index (χ1v) is 12.1. The Morgan fingerprint density at radius 1 is 1.12 bits per heavy atom. The molecule has 3 rings (SSSR count). The minimum absolute atomic E-state index is 0.234. The molecule has 7 nitrogen and oxygen atoms in total. The van der Waals surface area contributed by atoms with Crippen LogP contribution in [0.25, 0.3) is 6.08 Å². The maximum absolute atomic E-state index is 12.9. The molecule has 1 aliphatic heterocycles. The summed E-state index contributed by atoms with van der Waals surface area (Å²) >= 11 is 4.28. The van der Waals surface area contributed by atoms with E-state index in [1.54, 1.807) is 24.3 Å². The van der Waals surface area contributed by atoms with Crippen LogP contribution < -0.4 is 14.8 Å². The molecule has 2 aromatic rings. The van der Waals surface area contributed by atoms with Crippen molar-refractivity contribution in [3.8, 4) is 11.5 Å². The van der Waals surface area contributed by atoms with Crippen LogP contribution in [0.4, 0.5) is 10.5 Å². The number of hydrogen-bond acceptors (Lipinski definition) is 6. The van der Waals surface area contributed by atoms with Crippen LogP contribution in [0.3, 0.4) is 0 Å². The Morgan fingerprint density at radius 3 is 2.52 bits per heavy atom. The Balaban J connectivity index is 1.77. The lowest BCUT2D eigenvalue weighted by atomic mass is 10.1. The highest BCUT2D eigenvalue weighted by molar-refractivity contribution is 9.10. The Bertz CT molecular complexity index is 1130. The third-order valence-corrected chi connectivity index (χ3v) is 6.25. The predicted octanol–water partition coefficient (Wildman–Crippen LogP) is 5.54. The van der Waals surface area contributed by atoms with Gasteiger partial charge >= 0.3 is 0 Å². The number of carbonyl (C=O) groups excluding carboxylic acids is 3. The number of rotatable bonds is 8. The fraction of sp³-hybridized carbons (Fsp3) is 0.292. The second-order valence-corrected chi connectivity index (χ2v) is 9.18. The lowest BCUT2D eigenvalue weighted by Gasteiger charge is -2.14. The largest absolute Gasteiger partial charge is 0.490 e. The van der Waals surface area contributed by atoms with Gasteiger partial charge in [0, 0.05) is 5.69 Å². The summed E-state index contributed by atoms with van der Waals surface area (Å²) in [6.07, 6.45) is 1.61. The number of carbonyl (C=O) groups is 3. The van der Waals surface area contributed by atoms with Gasteiger partial charge in [0.25, 0.3) is 11.1 Å². The quantitative estimate of drug-likeness (QED) is 0.449. The number of hydrogen-bond donors (Lipinski definition) is 1. The van der Waals surface area contributed by atoms with Crippen molar-refractivity contribution in [3.05, 3.63) is 56.4 Å². The number of aryl methyl sites for hydroxylation is 2. The number of thioether (sulfide) groups is 1. The third kappa shape index (κ3) is 5.97. The van der Waals surface area contributed by atoms with Gasteiger partial charge in [-0.05, 0) is 90.8 Å². The van der Waals surface area contributed by atoms with E-state index in [4.69, 9.17) is 9.47 Å². The molecule has 9 heteroatoms. The summed E-state index contributed by atoms with van der Waals surface area (Å²) in [5.41, 5.74) is 3.30. The smallest absolute Gasteiger partial charge is 0.294 e. The predicted molar refractivity (Wildman–Crippen MR) is 134 cm³/mol. The van der Waals surface area contributed by atoms with Crippen molar-refractivity contribution < 1.29 is 23.9 Å². The van der Waals surface area contributed by atoms with Crippen LogP contribution in [0.2, 0.25) is 0 Å². The normalized spacial score (nSPS) is 14.7. The maximum Gasteiger partial charge on any atom is 0.294 e.